The summed E-state index contributed by atoms with van der Waals surface area (Å²) in [6.07, 6.45) is 2.82. The number of nitrogen functional groups attached to an aromatic ring is 1. The average Bonchev–Trinajstić information content (AvgIpc) is 2.78. The van der Waals surface area contributed by atoms with Crippen LogP contribution in [0.4, 0.5) is 10.2 Å². The normalized spacial score (nSPS) is 11.1. The molecule has 2 aromatic rings. The monoisotopic (exact) mass is 262 g/mol. The molecule has 0 unspecified atom stereocenters. The van der Waals surface area contributed by atoms with Crippen LogP contribution in [-0.2, 0) is 13.1 Å². The maximum atomic E-state index is 13.5. The third-order valence-electron chi connectivity index (χ3n) is 2.99. The first-order valence-electron chi connectivity index (χ1n) is 6.36. The van der Waals surface area contributed by atoms with E-state index in [0.717, 1.165) is 25.1 Å². The Kier molecular flexibility index (Phi) is 4.52. The Bertz CT molecular complexity index is 524. The molecule has 0 atom stereocenters. The van der Waals surface area contributed by atoms with E-state index in [4.69, 9.17) is 5.73 Å². The second-order valence-corrected chi connectivity index (χ2v) is 4.69. The fourth-order valence-electron chi connectivity index (χ4n) is 2.00. The van der Waals surface area contributed by atoms with Crippen molar-refractivity contribution in [2.45, 2.75) is 19.5 Å². The quantitative estimate of drug-likeness (QED) is 0.867. The highest BCUT2D eigenvalue weighted by atomic mass is 19.1. The molecule has 102 valence electrons. The van der Waals surface area contributed by atoms with Gasteiger partial charge in [-0.1, -0.05) is 18.2 Å². The van der Waals surface area contributed by atoms with E-state index in [0.29, 0.717) is 12.4 Å². The lowest BCUT2D eigenvalue weighted by atomic mass is 10.2. The van der Waals surface area contributed by atoms with Gasteiger partial charge in [-0.2, -0.15) is 5.10 Å². The van der Waals surface area contributed by atoms with Gasteiger partial charge < -0.3 is 10.6 Å². The van der Waals surface area contributed by atoms with Crippen molar-refractivity contribution in [2.24, 2.45) is 0 Å². The Morgan fingerprint density at radius 3 is 2.79 bits per heavy atom. The summed E-state index contributed by atoms with van der Waals surface area (Å²) in [7, 11) is 1.99. The molecule has 4 nitrogen and oxygen atoms in total. The lowest BCUT2D eigenvalue weighted by molar-refractivity contribution is 0.307. The number of aromatic nitrogens is 2. The predicted molar refractivity (Wildman–Crippen MR) is 74.0 cm³/mol. The number of aryl methyl sites for hydroxylation is 1. The van der Waals surface area contributed by atoms with Crippen molar-refractivity contribution >= 4 is 5.82 Å². The van der Waals surface area contributed by atoms with Crippen LogP contribution in [0.3, 0.4) is 0 Å². The van der Waals surface area contributed by atoms with Gasteiger partial charge >= 0.3 is 0 Å². The first kappa shape index (κ1) is 13.5. The summed E-state index contributed by atoms with van der Waals surface area (Å²) in [6.45, 7) is 2.32. The molecule has 0 radical (unpaired) electrons. The summed E-state index contributed by atoms with van der Waals surface area (Å²) in [5, 5.41) is 4.12. The standard InChI is InChI=1S/C14H19FN4/c1-18(11-12-5-2-3-6-13(12)15)8-4-9-19-10-7-14(16)17-19/h2-3,5-7,10H,4,8-9,11H2,1H3,(H2,16,17). The Balaban J connectivity index is 1.76. The summed E-state index contributed by atoms with van der Waals surface area (Å²) >= 11 is 0. The highest BCUT2D eigenvalue weighted by Gasteiger charge is 2.05. The average molecular weight is 262 g/mol. The Hall–Kier alpha value is -1.88. The minimum atomic E-state index is -0.144. The van der Waals surface area contributed by atoms with Crippen LogP contribution in [0.1, 0.15) is 12.0 Å². The first-order chi connectivity index (χ1) is 9.15. The Labute approximate surface area is 112 Å². The van der Waals surface area contributed by atoms with Crippen molar-refractivity contribution in [3.8, 4) is 0 Å². The van der Waals surface area contributed by atoms with Crippen LogP contribution in [0.25, 0.3) is 0 Å². The lowest BCUT2D eigenvalue weighted by Gasteiger charge is -2.16. The molecular formula is C14H19FN4. The SMILES string of the molecule is CN(CCCn1ccc(N)n1)Cc1ccccc1F. The van der Waals surface area contributed by atoms with E-state index >= 15 is 0 Å². The minimum absolute atomic E-state index is 0.144. The third-order valence-corrected chi connectivity index (χ3v) is 2.99. The van der Waals surface area contributed by atoms with Crippen LogP contribution < -0.4 is 5.73 Å². The summed E-state index contributed by atoms with van der Waals surface area (Å²) in [6, 6.07) is 8.67. The first-order valence-corrected chi connectivity index (χ1v) is 6.36. The number of rotatable bonds is 6. The maximum absolute atomic E-state index is 13.5. The zero-order chi connectivity index (χ0) is 13.7. The topological polar surface area (TPSA) is 47.1 Å². The van der Waals surface area contributed by atoms with Crippen LogP contribution in [0, 0.1) is 5.82 Å². The number of hydrogen-bond donors (Lipinski definition) is 1. The van der Waals surface area contributed by atoms with E-state index in [1.807, 2.05) is 30.1 Å². The largest absolute Gasteiger partial charge is 0.382 e. The van der Waals surface area contributed by atoms with Crippen LogP contribution in [0.5, 0.6) is 0 Å². The van der Waals surface area contributed by atoms with Crippen LogP contribution >= 0.6 is 0 Å². The van der Waals surface area contributed by atoms with Gasteiger partial charge in [0.05, 0.1) is 0 Å². The van der Waals surface area contributed by atoms with E-state index in [9.17, 15) is 4.39 Å². The van der Waals surface area contributed by atoms with Gasteiger partial charge in [0.15, 0.2) is 0 Å². The molecule has 0 fully saturated rings. The molecular weight excluding hydrogens is 243 g/mol. The molecule has 0 aliphatic carbocycles. The number of benzene rings is 1. The van der Waals surface area contributed by atoms with Crippen LogP contribution in [0.2, 0.25) is 0 Å². The Morgan fingerprint density at radius 1 is 1.32 bits per heavy atom. The second-order valence-electron chi connectivity index (χ2n) is 4.69. The zero-order valence-corrected chi connectivity index (χ0v) is 11.1. The van der Waals surface area contributed by atoms with Gasteiger partial charge in [-0.15, -0.1) is 0 Å². The van der Waals surface area contributed by atoms with Crippen molar-refractivity contribution in [3.05, 3.63) is 47.9 Å². The van der Waals surface area contributed by atoms with Crippen LogP contribution in [0.15, 0.2) is 36.5 Å². The van der Waals surface area contributed by atoms with Crippen molar-refractivity contribution in [1.82, 2.24) is 14.7 Å². The molecule has 0 aliphatic heterocycles. The zero-order valence-electron chi connectivity index (χ0n) is 11.1. The van der Waals surface area contributed by atoms with Crippen molar-refractivity contribution < 1.29 is 4.39 Å². The van der Waals surface area contributed by atoms with Crippen molar-refractivity contribution in [3.63, 3.8) is 0 Å². The molecule has 2 N–H and O–H groups in total. The van der Waals surface area contributed by atoms with E-state index in [2.05, 4.69) is 10.00 Å². The smallest absolute Gasteiger partial charge is 0.145 e. The number of nitrogens with two attached hydrogens (primary N) is 1. The molecule has 1 aromatic carbocycles. The van der Waals surface area contributed by atoms with Crippen molar-refractivity contribution in [2.75, 3.05) is 19.3 Å². The number of anilines is 1. The molecule has 2 rings (SSSR count). The molecule has 0 bridgehead atoms. The molecule has 0 aliphatic rings. The summed E-state index contributed by atoms with van der Waals surface area (Å²) in [5.74, 6) is 0.397. The van der Waals surface area contributed by atoms with Gasteiger partial charge in [-0.3, -0.25) is 4.68 Å². The highest BCUT2D eigenvalue weighted by molar-refractivity contribution is 5.23. The molecule has 5 heteroatoms. The predicted octanol–water partition coefficient (Wildman–Crippen LogP) is 2.13. The summed E-state index contributed by atoms with van der Waals surface area (Å²) in [4.78, 5) is 2.10. The Morgan fingerprint density at radius 2 is 2.11 bits per heavy atom. The van der Waals surface area contributed by atoms with E-state index in [-0.39, 0.29) is 5.82 Å². The van der Waals surface area contributed by atoms with Gasteiger partial charge in [-0.25, -0.2) is 4.39 Å². The second kappa shape index (κ2) is 6.33. The van der Waals surface area contributed by atoms with E-state index < -0.39 is 0 Å². The van der Waals surface area contributed by atoms with Crippen molar-refractivity contribution in [1.29, 1.82) is 0 Å². The number of nitrogens with zero attached hydrogens (tertiary/aromatic N) is 3. The molecule has 0 spiro atoms. The molecule has 0 amide bonds. The number of halogens is 1. The third kappa shape index (κ3) is 4.06. The van der Waals surface area contributed by atoms with Gasteiger partial charge in [0.1, 0.15) is 11.6 Å². The maximum Gasteiger partial charge on any atom is 0.145 e. The summed E-state index contributed by atoms with van der Waals surface area (Å²) < 4.78 is 15.3. The molecule has 1 heterocycles. The fraction of sp³-hybridized carbons (Fsp3) is 0.357. The van der Waals surface area contributed by atoms with Gasteiger partial charge in [0, 0.05) is 24.8 Å². The fourth-order valence-corrected chi connectivity index (χ4v) is 2.00. The molecule has 0 saturated heterocycles. The lowest BCUT2D eigenvalue weighted by Crippen LogP contribution is -2.21. The van der Waals surface area contributed by atoms with E-state index in [1.165, 1.54) is 6.07 Å². The van der Waals surface area contributed by atoms with Gasteiger partial charge in [-0.05, 0) is 32.1 Å². The number of hydrogen-bond acceptors (Lipinski definition) is 3. The minimum Gasteiger partial charge on any atom is -0.382 e. The molecule has 0 saturated carbocycles. The van der Waals surface area contributed by atoms with Gasteiger partial charge in [0.2, 0.25) is 0 Å². The summed E-state index contributed by atoms with van der Waals surface area (Å²) in [5.41, 5.74) is 6.27. The molecule has 1 aromatic heterocycles. The van der Waals surface area contributed by atoms with Gasteiger partial charge in [0.25, 0.3) is 0 Å². The van der Waals surface area contributed by atoms with Crippen LogP contribution in [-0.4, -0.2) is 28.3 Å². The van der Waals surface area contributed by atoms with E-state index in [1.54, 1.807) is 12.1 Å². The highest BCUT2D eigenvalue weighted by Crippen LogP contribution is 2.09. The molecule has 19 heavy (non-hydrogen) atoms.